The van der Waals surface area contributed by atoms with Crippen LogP contribution in [0.2, 0.25) is 0 Å². The first-order valence-corrected chi connectivity index (χ1v) is 6.30. The average molecular weight is 271 g/mol. The number of rotatable bonds is 3. The summed E-state index contributed by atoms with van der Waals surface area (Å²) in [6, 6.07) is 6.75. The van der Waals surface area contributed by atoms with Gasteiger partial charge in [-0.2, -0.15) is 0 Å². The number of likely N-dealkylation sites (tertiary alicyclic amines) is 1. The molecule has 0 spiro atoms. The van der Waals surface area contributed by atoms with Crippen LogP contribution >= 0.6 is 12.4 Å². The molecule has 4 heteroatoms. The highest BCUT2D eigenvalue weighted by molar-refractivity contribution is 5.85. The Labute approximate surface area is 116 Å². The largest absolute Gasteiger partial charge is 0.496 e. The van der Waals surface area contributed by atoms with Crippen LogP contribution in [0.5, 0.6) is 5.75 Å². The van der Waals surface area contributed by atoms with Gasteiger partial charge in [0.15, 0.2) is 0 Å². The van der Waals surface area contributed by atoms with E-state index in [4.69, 9.17) is 10.5 Å². The SMILES string of the molecule is COc1ccc(CN2CCCC(N)C2)cc1C.Cl. The maximum absolute atomic E-state index is 5.99. The first-order chi connectivity index (χ1) is 8.19. The Bertz CT molecular complexity index is 384. The second-order valence-corrected chi connectivity index (χ2v) is 4.94. The van der Waals surface area contributed by atoms with Gasteiger partial charge in [-0.25, -0.2) is 0 Å². The Balaban J connectivity index is 0.00000162. The zero-order chi connectivity index (χ0) is 12.3. The van der Waals surface area contributed by atoms with Crippen molar-refractivity contribution in [3.05, 3.63) is 29.3 Å². The second kappa shape index (κ2) is 6.98. The van der Waals surface area contributed by atoms with Crippen molar-refractivity contribution in [2.75, 3.05) is 20.2 Å². The number of halogens is 1. The monoisotopic (exact) mass is 270 g/mol. The third-order valence-corrected chi connectivity index (χ3v) is 3.41. The normalized spacial score (nSPS) is 20.3. The van der Waals surface area contributed by atoms with Crippen molar-refractivity contribution < 1.29 is 4.74 Å². The number of benzene rings is 1. The molecule has 1 fully saturated rings. The molecule has 1 unspecified atom stereocenters. The van der Waals surface area contributed by atoms with Crippen molar-refractivity contribution in [3.8, 4) is 5.75 Å². The predicted molar refractivity (Wildman–Crippen MR) is 77.5 cm³/mol. The lowest BCUT2D eigenvalue weighted by molar-refractivity contribution is 0.201. The molecule has 102 valence electrons. The van der Waals surface area contributed by atoms with Crippen molar-refractivity contribution in [1.82, 2.24) is 4.90 Å². The van der Waals surface area contributed by atoms with Gasteiger partial charge < -0.3 is 10.5 Å². The van der Waals surface area contributed by atoms with Gasteiger partial charge in [0.2, 0.25) is 0 Å². The molecule has 1 aromatic carbocycles. The Morgan fingerprint density at radius 3 is 2.83 bits per heavy atom. The fourth-order valence-corrected chi connectivity index (χ4v) is 2.53. The lowest BCUT2D eigenvalue weighted by Gasteiger charge is -2.30. The summed E-state index contributed by atoms with van der Waals surface area (Å²) in [5, 5.41) is 0. The molecule has 1 heterocycles. The zero-order valence-electron chi connectivity index (χ0n) is 11.2. The minimum atomic E-state index is 0. The van der Waals surface area contributed by atoms with Crippen molar-refractivity contribution in [2.45, 2.75) is 32.4 Å². The van der Waals surface area contributed by atoms with Gasteiger partial charge in [0, 0.05) is 19.1 Å². The molecular formula is C14H23ClN2O. The highest BCUT2D eigenvalue weighted by atomic mass is 35.5. The van der Waals surface area contributed by atoms with Crippen molar-refractivity contribution in [3.63, 3.8) is 0 Å². The fraction of sp³-hybridized carbons (Fsp3) is 0.571. The van der Waals surface area contributed by atoms with E-state index in [1.807, 2.05) is 0 Å². The van der Waals surface area contributed by atoms with Crippen molar-refractivity contribution in [1.29, 1.82) is 0 Å². The zero-order valence-corrected chi connectivity index (χ0v) is 12.0. The summed E-state index contributed by atoms with van der Waals surface area (Å²) in [6.07, 6.45) is 2.38. The number of piperidine rings is 1. The predicted octanol–water partition coefficient (Wildman–Crippen LogP) is 2.35. The topological polar surface area (TPSA) is 38.5 Å². The van der Waals surface area contributed by atoms with Gasteiger partial charge >= 0.3 is 0 Å². The summed E-state index contributed by atoms with van der Waals surface area (Å²) in [5.41, 5.74) is 8.54. The third kappa shape index (κ3) is 3.87. The fourth-order valence-electron chi connectivity index (χ4n) is 2.53. The third-order valence-electron chi connectivity index (χ3n) is 3.41. The summed E-state index contributed by atoms with van der Waals surface area (Å²) < 4.78 is 5.27. The molecule has 1 atom stereocenters. The standard InChI is InChI=1S/C14H22N2O.ClH/c1-11-8-12(5-6-14(11)17-2)9-16-7-3-4-13(15)10-16;/h5-6,8,13H,3-4,7,9-10,15H2,1-2H3;1H. The Kier molecular flexibility index (Phi) is 5.93. The lowest BCUT2D eigenvalue weighted by Crippen LogP contribution is -2.42. The minimum Gasteiger partial charge on any atom is -0.496 e. The van der Waals surface area contributed by atoms with Crippen LogP contribution in [0.25, 0.3) is 0 Å². The molecule has 1 saturated heterocycles. The van der Waals surface area contributed by atoms with E-state index in [2.05, 4.69) is 30.0 Å². The molecule has 1 aliphatic rings. The van der Waals surface area contributed by atoms with E-state index in [0.717, 1.165) is 25.3 Å². The molecule has 0 radical (unpaired) electrons. The highest BCUT2D eigenvalue weighted by Crippen LogP contribution is 2.20. The van der Waals surface area contributed by atoms with E-state index in [1.54, 1.807) is 7.11 Å². The lowest BCUT2D eigenvalue weighted by atomic mass is 10.0. The van der Waals surface area contributed by atoms with Crippen molar-refractivity contribution in [2.24, 2.45) is 5.73 Å². The molecule has 0 amide bonds. The quantitative estimate of drug-likeness (QED) is 0.916. The average Bonchev–Trinajstić information content (AvgIpc) is 2.29. The molecule has 0 saturated carbocycles. The van der Waals surface area contributed by atoms with Crippen LogP contribution < -0.4 is 10.5 Å². The molecule has 0 bridgehead atoms. The maximum Gasteiger partial charge on any atom is 0.121 e. The Hall–Kier alpha value is -0.770. The molecule has 1 aromatic rings. The van der Waals surface area contributed by atoms with Crippen LogP contribution in [0.15, 0.2) is 18.2 Å². The Morgan fingerprint density at radius 1 is 1.44 bits per heavy atom. The van der Waals surface area contributed by atoms with E-state index < -0.39 is 0 Å². The molecule has 3 nitrogen and oxygen atoms in total. The first-order valence-electron chi connectivity index (χ1n) is 6.30. The summed E-state index contributed by atoms with van der Waals surface area (Å²) in [4.78, 5) is 2.44. The van der Waals surface area contributed by atoms with E-state index in [1.165, 1.54) is 24.1 Å². The van der Waals surface area contributed by atoms with Crippen LogP contribution in [0, 0.1) is 6.92 Å². The number of aryl methyl sites for hydroxylation is 1. The van der Waals surface area contributed by atoms with E-state index >= 15 is 0 Å². The smallest absolute Gasteiger partial charge is 0.121 e. The van der Waals surface area contributed by atoms with E-state index in [0.29, 0.717) is 6.04 Å². The van der Waals surface area contributed by atoms with Crippen molar-refractivity contribution >= 4 is 12.4 Å². The number of ether oxygens (including phenoxy) is 1. The van der Waals surface area contributed by atoms with Gasteiger partial charge in [0.1, 0.15) is 5.75 Å². The van der Waals surface area contributed by atoms with Crippen LogP contribution in [-0.2, 0) is 6.54 Å². The van der Waals surface area contributed by atoms with Gasteiger partial charge in [-0.15, -0.1) is 12.4 Å². The minimum absolute atomic E-state index is 0. The van der Waals surface area contributed by atoms with E-state index in [-0.39, 0.29) is 12.4 Å². The molecule has 1 aliphatic heterocycles. The van der Waals surface area contributed by atoms with Crippen LogP contribution in [-0.4, -0.2) is 31.1 Å². The van der Waals surface area contributed by atoms with Gasteiger partial charge in [-0.3, -0.25) is 4.90 Å². The van der Waals surface area contributed by atoms with Gasteiger partial charge in [0.05, 0.1) is 7.11 Å². The molecule has 18 heavy (non-hydrogen) atoms. The summed E-state index contributed by atoms with van der Waals surface area (Å²) in [7, 11) is 1.71. The molecule has 2 rings (SSSR count). The second-order valence-electron chi connectivity index (χ2n) is 4.94. The number of nitrogens with zero attached hydrogens (tertiary/aromatic N) is 1. The first kappa shape index (κ1) is 15.3. The van der Waals surface area contributed by atoms with Crippen LogP contribution in [0.1, 0.15) is 24.0 Å². The van der Waals surface area contributed by atoms with Gasteiger partial charge in [-0.1, -0.05) is 12.1 Å². The van der Waals surface area contributed by atoms with Crippen LogP contribution in [0.3, 0.4) is 0 Å². The van der Waals surface area contributed by atoms with E-state index in [9.17, 15) is 0 Å². The number of hydrogen-bond donors (Lipinski definition) is 1. The summed E-state index contributed by atoms with van der Waals surface area (Å²) >= 11 is 0. The summed E-state index contributed by atoms with van der Waals surface area (Å²) in [5.74, 6) is 0.962. The van der Waals surface area contributed by atoms with Gasteiger partial charge in [-0.05, 0) is 43.5 Å². The Morgan fingerprint density at radius 2 is 2.22 bits per heavy atom. The highest BCUT2D eigenvalue weighted by Gasteiger charge is 2.16. The number of methoxy groups -OCH3 is 1. The molecule has 2 N–H and O–H groups in total. The summed E-state index contributed by atoms with van der Waals surface area (Å²) in [6.45, 7) is 5.27. The number of nitrogens with two attached hydrogens (primary N) is 1. The van der Waals surface area contributed by atoms with Crippen LogP contribution in [0.4, 0.5) is 0 Å². The number of hydrogen-bond acceptors (Lipinski definition) is 3. The van der Waals surface area contributed by atoms with Gasteiger partial charge in [0.25, 0.3) is 0 Å². The molecule has 0 aromatic heterocycles. The molecule has 0 aliphatic carbocycles. The maximum atomic E-state index is 5.99. The molecular weight excluding hydrogens is 248 g/mol.